The quantitative estimate of drug-likeness (QED) is 0.376. The van der Waals surface area contributed by atoms with Gasteiger partial charge in [-0.05, 0) is 36.1 Å². The molecule has 0 aliphatic heterocycles. The summed E-state index contributed by atoms with van der Waals surface area (Å²) in [6.45, 7) is 2.19. The Balaban J connectivity index is 1.58. The molecule has 2 aromatic carbocycles. The van der Waals surface area contributed by atoms with Crippen molar-refractivity contribution in [3.05, 3.63) is 83.2 Å². The third kappa shape index (κ3) is 4.83. The highest BCUT2D eigenvalue weighted by Crippen LogP contribution is 2.30. The molecule has 0 saturated carbocycles. The number of benzene rings is 2. The Kier molecular flexibility index (Phi) is 6.43. The molecule has 1 unspecified atom stereocenters. The van der Waals surface area contributed by atoms with E-state index in [0.717, 1.165) is 22.6 Å². The van der Waals surface area contributed by atoms with E-state index in [4.69, 9.17) is 0 Å². The molecule has 1 atom stereocenters. The van der Waals surface area contributed by atoms with Gasteiger partial charge in [-0.3, -0.25) is 9.36 Å². The average Bonchev–Trinajstić information content (AvgIpc) is 3.42. The van der Waals surface area contributed by atoms with Crippen LogP contribution < -0.4 is 5.32 Å². The van der Waals surface area contributed by atoms with Crippen molar-refractivity contribution in [1.82, 2.24) is 14.8 Å². The molecule has 0 aliphatic carbocycles. The van der Waals surface area contributed by atoms with Crippen LogP contribution in [0.2, 0.25) is 0 Å². The van der Waals surface area contributed by atoms with Gasteiger partial charge in [-0.1, -0.05) is 54.2 Å². The lowest BCUT2D eigenvalue weighted by Gasteiger charge is -2.14. The van der Waals surface area contributed by atoms with Crippen LogP contribution >= 0.6 is 23.1 Å². The lowest BCUT2D eigenvalue weighted by Crippen LogP contribution is -2.24. The third-order valence-corrected chi connectivity index (χ3v) is 6.45. The maximum atomic E-state index is 13.9. The minimum Gasteiger partial charge on any atom is -0.320 e. The van der Waals surface area contributed by atoms with E-state index in [9.17, 15) is 13.6 Å². The number of nitrogens with zero attached hydrogens (tertiary/aromatic N) is 3. The van der Waals surface area contributed by atoms with Crippen LogP contribution in [0.5, 0.6) is 0 Å². The van der Waals surface area contributed by atoms with Crippen LogP contribution in [-0.2, 0) is 11.3 Å². The Morgan fingerprint density at radius 3 is 2.48 bits per heavy atom. The summed E-state index contributed by atoms with van der Waals surface area (Å²) < 4.78 is 29.7. The molecule has 4 rings (SSSR count). The standard InChI is InChI=1S/C22H18F2N4OS2/c1-14(21(29)25-19-16(23)9-5-10-17(19)24)31-22-27-26-20(18-11-6-12-30-18)28(22)13-15-7-3-2-4-8-15/h2-12,14H,13H2,1H3,(H,25,29). The highest BCUT2D eigenvalue weighted by atomic mass is 32.2. The number of aromatic nitrogens is 3. The summed E-state index contributed by atoms with van der Waals surface area (Å²) >= 11 is 2.73. The number of carbonyl (C=O) groups is 1. The van der Waals surface area contributed by atoms with Crippen LogP contribution in [0.15, 0.2) is 71.2 Å². The second-order valence-electron chi connectivity index (χ2n) is 6.70. The third-order valence-electron chi connectivity index (χ3n) is 4.50. The van der Waals surface area contributed by atoms with Crippen LogP contribution in [0.3, 0.4) is 0 Å². The van der Waals surface area contributed by atoms with E-state index in [1.165, 1.54) is 17.8 Å². The molecule has 4 aromatic rings. The van der Waals surface area contributed by atoms with Gasteiger partial charge >= 0.3 is 0 Å². The van der Waals surface area contributed by atoms with Crippen molar-refractivity contribution in [1.29, 1.82) is 0 Å². The van der Waals surface area contributed by atoms with Crippen LogP contribution in [-0.4, -0.2) is 25.9 Å². The first kappa shape index (κ1) is 21.2. The van der Waals surface area contributed by atoms with Crippen molar-refractivity contribution in [2.45, 2.75) is 23.9 Å². The number of anilines is 1. The predicted molar refractivity (Wildman–Crippen MR) is 119 cm³/mol. The Labute approximate surface area is 186 Å². The number of thioether (sulfide) groups is 1. The highest BCUT2D eigenvalue weighted by Gasteiger charge is 2.23. The molecule has 1 N–H and O–H groups in total. The van der Waals surface area contributed by atoms with Gasteiger partial charge in [0, 0.05) is 0 Å². The fourth-order valence-corrected chi connectivity index (χ4v) is 4.49. The molecule has 0 spiro atoms. The molecule has 2 heterocycles. The molecule has 2 aromatic heterocycles. The van der Waals surface area contributed by atoms with Crippen LogP contribution in [0.1, 0.15) is 12.5 Å². The van der Waals surface area contributed by atoms with Crippen LogP contribution in [0, 0.1) is 11.6 Å². The molecule has 31 heavy (non-hydrogen) atoms. The summed E-state index contributed by atoms with van der Waals surface area (Å²) in [7, 11) is 0. The van der Waals surface area contributed by atoms with Gasteiger partial charge in [0.05, 0.1) is 16.7 Å². The smallest absolute Gasteiger partial charge is 0.237 e. The molecule has 0 saturated heterocycles. The monoisotopic (exact) mass is 456 g/mol. The Bertz CT molecular complexity index is 1160. The first-order valence-corrected chi connectivity index (χ1v) is 11.2. The average molecular weight is 457 g/mol. The fraction of sp³-hybridized carbons (Fsp3) is 0.136. The van der Waals surface area contributed by atoms with Crippen LogP contribution in [0.4, 0.5) is 14.5 Å². The first-order valence-electron chi connectivity index (χ1n) is 9.45. The van der Waals surface area contributed by atoms with Crippen molar-refractivity contribution in [2.24, 2.45) is 0 Å². The second kappa shape index (κ2) is 9.40. The maximum Gasteiger partial charge on any atom is 0.237 e. The summed E-state index contributed by atoms with van der Waals surface area (Å²) in [6.07, 6.45) is 0. The molecular formula is C22H18F2N4OS2. The number of halogens is 2. The van der Waals surface area contributed by atoms with Gasteiger partial charge in [0.2, 0.25) is 5.91 Å². The van der Waals surface area contributed by atoms with Crippen molar-refractivity contribution >= 4 is 34.7 Å². The first-order chi connectivity index (χ1) is 15.0. The molecule has 158 valence electrons. The van der Waals surface area contributed by atoms with Gasteiger partial charge in [0.15, 0.2) is 11.0 Å². The van der Waals surface area contributed by atoms with E-state index in [2.05, 4.69) is 15.5 Å². The fourth-order valence-electron chi connectivity index (χ4n) is 2.93. The number of nitrogens with one attached hydrogen (secondary N) is 1. The van der Waals surface area contributed by atoms with Crippen molar-refractivity contribution in [2.75, 3.05) is 5.32 Å². The zero-order chi connectivity index (χ0) is 21.8. The maximum absolute atomic E-state index is 13.9. The summed E-state index contributed by atoms with van der Waals surface area (Å²) in [6, 6.07) is 17.2. The second-order valence-corrected chi connectivity index (χ2v) is 8.96. The van der Waals surface area contributed by atoms with Gasteiger partial charge in [0.25, 0.3) is 0 Å². The summed E-state index contributed by atoms with van der Waals surface area (Å²) in [5.41, 5.74) is 0.609. The molecule has 5 nitrogen and oxygen atoms in total. The van der Waals surface area contributed by atoms with E-state index >= 15 is 0 Å². The zero-order valence-electron chi connectivity index (χ0n) is 16.5. The van der Waals surface area contributed by atoms with E-state index in [1.54, 1.807) is 18.3 Å². The Morgan fingerprint density at radius 1 is 1.06 bits per heavy atom. The van der Waals surface area contributed by atoms with E-state index in [-0.39, 0.29) is 0 Å². The van der Waals surface area contributed by atoms with Gasteiger partial charge < -0.3 is 5.32 Å². The highest BCUT2D eigenvalue weighted by molar-refractivity contribution is 8.00. The number of carbonyl (C=O) groups excluding carboxylic acids is 1. The van der Waals surface area contributed by atoms with Gasteiger partial charge in [-0.25, -0.2) is 8.78 Å². The van der Waals surface area contributed by atoms with Gasteiger partial charge in [-0.15, -0.1) is 21.5 Å². The summed E-state index contributed by atoms with van der Waals surface area (Å²) in [5.74, 6) is -1.47. The molecule has 0 radical (unpaired) electrons. The normalized spacial score (nSPS) is 12.0. The number of rotatable bonds is 7. The lowest BCUT2D eigenvalue weighted by atomic mass is 10.2. The summed E-state index contributed by atoms with van der Waals surface area (Å²) in [4.78, 5) is 13.6. The Hall–Kier alpha value is -3.04. The number of para-hydroxylation sites is 1. The predicted octanol–water partition coefficient (Wildman–Crippen LogP) is 5.45. The van der Waals surface area contributed by atoms with Crippen LogP contribution in [0.25, 0.3) is 10.7 Å². The van der Waals surface area contributed by atoms with Gasteiger partial charge in [0.1, 0.15) is 17.3 Å². The molecular weight excluding hydrogens is 438 g/mol. The van der Waals surface area contributed by atoms with E-state index < -0.39 is 28.5 Å². The van der Waals surface area contributed by atoms with E-state index in [1.807, 2.05) is 52.4 Å². The number of hydrogen-bond donors (Lipinski definition) is 1. The molecule has 0 aliphatic rings. The molecule has 0 bridgehead atoms. The Morgan fingerprint density at radius 2 is 1.81 bits per heavy atom. The number of thiophene rings is 1. The van der Waals surface area contributed by atoms with Crippen molar-refractivity contribution < 1.29 is 13.6 Å². The molecule has 0 fully saturated rings. The zero-order valence-corrected chi connectivity index (χ0v) is 18.1. The van der Waals surface area contributed by atoms with Gasteiger partial charge in [-0.2, -0.15) is 0 Å². The number of amides is 1. The topological polar surface area (TPSA) is 59.8 Å². The number of hydrogen-bond acceptors (Lipinski definition) is 5. The molecule has 1 amide bonds. The van der Waals surface area contributed by atoms with Crippen molar-refractivity contribution in [3.63, 3.8) is 0 Å². The summed E-state index contributed by atoms with van der Waals surface area (Å²) in [5, 5.41) is 12.8. The minimum atomic E-state index is -0.822. The molecule has 9 heteroatoms. The van der Waals surface area contributed by atoms with Crippen molar-refractivity contribution in [3.8, 4) is 10.7 Å². The largest absolute Gasteiger partial charge is 0.320 e. The van der Waals surface area contributed by atoms with E-state index in [0.29, 0.717) is 17.5 Å². The SMILES string of the molecule is CC(Sc1nnc(-c2cccs2)n1Cc1ccccc1)C(=O)Nc1c(F)cccc1F. The lowest BCUT2D eigenvalue weighted by molar-refractivity contribution is -0.115. The minimum absolute atomic E-state index is 0.454.